The molecule has 1 amide bonds. The molecule has 0 N–H and O–H groups in total. The van der Waals surface area contributed by atoms with Crippen LogP contribution in [-0.2, 0) is 14.6 Å². The fourth-order valence-corrected chi connectivity index (χ4v) is 4.95. The van der Waals surface area contributed by atoms with E-state index in [0.717, 1.165) is 19.3 Å². The normalized spacial score (nSPS) is 22.4. The zero-order chi connectivity index (χ0) is 14.5. The number of hydrogen-bond donors (Lipinski definition) is 0. The van der Waals surface area contributed by atoms with Gasteiger partial charge in [-0.15, -0.1) is 0 Å². The molecule has 0 spiro atoms. The highest BCUT2D eigenvalue weighted by atomic mass is 79.9. The number of halogens is 1. The van der Waals surface area contributed by atoms with E-state index in [2.05, 4.69) is 15.9 Å². The average molecular weight is 354 g/mol. The second-order valence-electron chi connectivity index (χ2n) is 5.04. The van der Waals surface area contributed by atoms with Crippen LogP contribution in [0.2, 0.25) is 0 Å². The molecule has 1 fully saturated rings. The van der Waals surface area contributed by atoms with Crippen molar-refractivity contribution in [3.8, 4) is 0 Å². The molecule has 6 heteroatoms. The van der Waals surface area contributed by atoms with Gasteiger partial charge in [0.15, 0.2) is 9.84 Å². The fourth-order valence-electron chi connectivity index (χ4n) is 2.71. The van der Waals surface area contributed by atoms with Gasteiger partial charge in [0.1, 0.15) is 5.25 Å². The van der Waals surface area contributed by atoms with Crippen LogP contribution < -0.4 is 0 Å². The van der Waals surface area contributed by atoms with E-state index in [4.69, 9.17) is 0 Å². The van der Waals surface area contributed by atoms with Gasteiger partial charge >= 0.3 is 0 Å². The zero-order valence-electron chi connectivity index (χ0n) is 11.8. The summed E-state index contributed by atoms with van der Waals surface area (Å²) in [7, 11) is -3.24. The van der Waals surface area contributed by atoms with Crippen molar-refractivity contribution >= 4 is 31.7 Å². The van der Waals surface area contributed by atoms with Gasteiger partial charge in [-0.25, -0.2) is 8.42 Å². The van der Waals surface area contributed by atoms with Crippen LogP contribution in [0.25, 0.3) is 0 Å². The summed E-state index contributed by atoms with van der Waals surface area (Å²) in [5.74, 6) is -0.0260. The molecule has 0 saturated carbocycles. The number of rotatable bonds is 6. The minimum Gasteiger partial charge on any atom is -0.338 e. The Bertz CT molecular complexity index is 393. The third kappa shape index (κ3) is 4.18. The predicted octanol–water partition coefficient (Wildman–Crippen LogP) is 2.37. The molecule has 0 aliphatic carbocycles. The summed E-state index contributed by atoms with van der Waals surface area (Å²) in [4.78, 5) is 14.4. The second kappa shape index (κ2) is 7.62. The summed E-state index contributed by atoms with van der Waals surface area (Å²) >= 11 is 3.35. The molecule has 0 aromatic rings. The van der Waals surface area contributed by atoms with Gasteiger partial charge in [-0.05, 0) is 25.7 Å². The number of hydrogen-bond acceptors (Lipinski definition) is 3. The summed E-state index contributed by atoms with van der Waals surface area (Å²) in [5.41, 5.74) is 0. The van der Waals surface area contributed by atoms with Crippen LogP contribution in [0.1, 0.15) is 46.0 Å². The van der Waals surface area contributed by atoms with Gasteiger partial charge < -0.3 is 4.90 Å². The molecule has 4 nitrogen and oxygen atoms in total. The van der Waals surface area contributed by atoms with Crippen molar-refractivity contribution in [1.82, 2.24) is 4.90 Å². The Morgan fingerprint density at radius 1 is 1.32 bits per heavy atom. The summed E-state index contributed by atoms with van der Waals surface area (Å²) in [6, 6.07) is 0.141. The topological polar surface area (TPSA) is 54.5 Å². The number of carbonyl (C=O) groups is 1. The Kier molecular flexibility index (Phi) is 6.80. The number of nitrogens with zero attached hydrogens (tertiary/aromatic N) is 1. The second-order valence-corrected chi connectivity index (χ2v) is 8.14. The molecule has 0 radical (unpaired) electrons. The molecule has 1 aliphatic rings. The van der Waals surface area contributed by atoms with Crippen molar-refractivity contribution in [2.24, 2.45) is 0 Å². The van der Waals surface area contributed by atoms with E-state index in [1.165, 1.54) is 0 Å². The van der Waals surface area contributed by atoms with E-state index in [9.17, 15) is 13.2 Å². The number of carbonyl (C=O) groups excluding carboxylic acids is 1. The first-order valence-corrected chi connectivity index (χ1v) is 9.89. The smallest absolute Gasteiger partial charge is 0.241 e. The lowest BCUT2D eigenvalue weighted by Crippen LogP contribution is -2.50. The van der Waals surface area contributed by atoms with Gasteiger partial charge in [0, 0.05) is 17.9 Å². The Morgan fingerprint density at radius 2 is 1.95 bits per heavy atom. The van der Waals surface area contributed by atoms with Crippen molar-refractivity contribution in [3.63, 3.8) is 0 Å². The van der Waals surface area contributed by atoms with E-state index in [0.29, 0.717) is 24.7 Å². The molecular formula is C13H24BrNO3S. The zero-order valence-corrected chi connectivity index (χ0v) is 14.2. The van der Waals surface area contributed by atoms with Crippen LogP contribution in [0.4, 0.5) is 0 Å². The molecule has 0 aromatic carbocycles. The standard InChI is InChI=1S/C13H24BrNO3S/c1-3-11(4-2)15(9-8-14)13(16)12-7-5-6-10-19(12,17)18/h11-12H,3-10H2,1-2H3. The molecule has 1 unspecified atom stereocenters. The highest BCUT2D eigenvalue weighted by Crippen LogP contribution is 2.23. The lowest BCUT2D eigenvalue weighted by molar-refractivity contribution is -0.133. The molecule has 1 heterocycles. The number of sulfone groups is 1. The molecule has 1 rings (SSSR count). The van der Waals surface area contributed by atoms with Crippen LogP contribution in [0.5, 0.6) is 0 Å². The van der Waals surface area contributed by atoms with Gasteiger partial charge in [-0.3, -0.25) is 4.79 Å². The molecule has 19 heavy (non-hydrogen) atoms. The Hall–Kier alpha value is -0.100. The van der Waals surface area contributed by atoms with Crippen LogP contribution >= 0.6 is 15.9 Å². The summed E-state index contributed by atoms with van der Waals surface area (Å²) in [5, 5.41) is -0.122. The monoisotopic (exact) mass is 353 g/mol. The molecule has 1 saturated heterocycles. The maximum Gasteiger partial charge on any atom is 0.241 e. The van der Waals surface area contributed by atoms with Crippen molar-refractivity contribution in [1.29, 1.82) is 0 Å². The average Bonchev–Trinajstić information content (AvgIpc) is 2.38. The Labute approximate surface area is 125 Å². The van der Waals surface area contributed by atoms with E-state index < -0.39 is 15.1 Å². The van der Waals surface area contributed by atoms with Gasteiger partial charge in [0.25, 0.3) is 0 Å². The van der Waals surface area contributed by atoms with Gasteiger partial charge in [-0.1, -0.05) is 36.2 Å². The van der Waals surface area contributed by atoms with Crippen LogP contribution in [0.15, 0.2) is 0 Å². The minimum absolute atomic E-state index is 0.141. The van der Waals surface area contributed by atoms with Crippen molar-refractivity contribution in [2.45, 2.75) is 57.2 Å². The molecule has 1 aliphatic heterocycles. The Morgan fingerprint density at radius 3 is 2.42 bits per heavy atom. The van der Waals surface area contributed by atoms with Crippen LogP contribution in [0, 0.1) is 0 Å². The predicted molar refractivity (Wildman–Crippen MR) is 81.3 cm³/mol. The number of amides is 1. The van der Waals surface area contributed by atoms with Gasteiger partial charge in [-0.2, -0.15) is 0 Å². The molecule has 1 atom stereocenters. The Balaban J connectivity index is 2.92. The van der Waals surface area contributed by atoms with Crippen molar-refractivity contribution in [2.75, 3.05) is 17.6 Å². The van der Waals surface area contributed by atoms with Gasteiger partial charge in [0.2, 0.25) is 5.91 Å². The maximum absolute atomic E-state index is 12.6. The van der Waals surface area contributed by atoms with E-state index >= 15 is 0 Å². The minimum atomic E-state index is -3.24. The number of alkyl halides is 1. The quantitative estimate of drug-likeness (QED) is 0.688. The molecule has 0 aromatic heterocycles. The highest BCUT2D eigenvalue weighted by molar-refractivity contribution is 9.09. The lowest BCUT2D eigenvalue weighted by atomic mass is 10.1. The van der Waals surface area contributed by atoms with E-state index in [1.807, 2.05) is 13.8 Å². The van der Waals surface area contributed by atoms with Crippen LogP contribution in [-0.4, -0.2) is 48.1 Å². The third-order valence-electron chi connectivity index (χ3n) is 3.85. The highest BCUT2D eigenvalue weighted by Gasteiger charge is 2.38. The largest absolute Gasteiger partial charge is 0.338 e. The first-order chi connectivity index (χ1) is 8.97. The van der Waals surface area contributed by atoms with E-state index in [-0.39, 0.29) is 17.7 Å². The molecular weight excluding hydrogens is 330 g/mol. The SMILES string of the molecule is CCC(CC)N(CCBr)C(=O)C1CCCCS1(=O)=O. The van der Waals surface area contributed by atoms with Gasteiger partial charge in [0.05, 0.1) is 5.75 Å². The first kappa shape index (κ1) is 17.0. The third-order valence-corrected chi connectivity index (χ3v) is 6.36. The first-order valence-electron chi connectivity index (χ1n) is 7.05. The lowest BCUT2D eigenvalue weighted by Gasteiger charge is -2.34. The fraction of sp³-hybridized carbons (Fsp3) is 0.923. The van der Waals surface area contributed by atoms with Crippen LogP contribution in [0.3, 0.4) is 0 Å². The van der Waals surface area contributed by atoms with Crippen molar-refractivity contribution in [3.05, 3.63) is 0 Å². The molecule has 0 bridgehead atoms. The summed E-state index contributed by atoms with van der Waals surface area (Å²) in [6.07, 6.45) is 3.74. The molecule has 112 valence electrons. The van der Waals surface area contributed by atoms with Crippen molar-refractivity contribution < 1.29 is 13.2 Å². The maximum atomic E-state index is 12.6. The summed E-state index contributed by atoms with van der Waals surface area (Å²) < 4.78 is 24.1. The summed E-state index contributed by atoms with van der Waals surface area (Å²) in [6.45, 7) is 4.66. The van der Waals surface area contributed by atoms with E-state index in [1.54, 1.807) is 4.90 Å².